The van der Waals surface area contributed by atoms with Crippen molar-refractivity contribution >= 4 is 21.9 Å². The second-order valence-corrected chi connectivity index (χ2v) is 3.22. The molecular weight excluding hydrogens is 192 g/mol. The number of hydrogen-bond donors (Lipinski definition) is 1. The number of aromatic nitrogens is 4. The molecule has 3 aromatic rings. The van der Waals surface area contributed by atoms with E-state index in [0.717, 1.165) is 21.9 Å². The largest absolute Gasteiger partial charge is 0.373 e. The summed E-state index contributed by atoms with van der Waals surface area (Å²) in [7, 11) is 0. The highest BCUT2D eigenvalue weighted by Gasteiger charge is 2.06. The van der Waals surface area contributed by atoms with Crippen LogP contribution in [0.25, 0.3) is 21.9 Å². The molecule has 0 aliphatic rings. The third kappa shape index (κ3) is 1.17. The van der Waals surface area contributed by atoms with Crippen LogP contribution in [0.2, 0.25) is 0 Å². The normalized spacial score (nSPS) is 11.3. The fourth-order valence-electron chi connectivity index (χ4n) is 1.64. The quantitative estimate of drug-likeness (QED) is 0.634. The number of nitrogens with zero attached hydrogens (tertiary/aromatic N) is 4. The molecule has 0 fully saturated rings. The molecule has 0 atom stereocenters. The van der Waals surface area contributed by atoms with Crippen molar-refractivity contribution in [3.63, 3.8) is 0 Å². The molecule has 3 rings (SSSR count). The van der Waals surface area contributed by atoms with Crippen LogP contribution in [-0.2, 0) is 6.73 Å². The molecule has 0 aliphatic heterocycles. The van der Waals surface area contributed by atoms with Gasteiger partial charge in [0.05, 0.1) is 5.52 Å². The number of pyridine rings is 1. The van der Waals surface area contributed by atoms with Gasteiger partial charge in [0.25, 0.3) is 0 Å². The predicted molar refractivity (Wildman–Crippen MR) is 55.0 cm³/mol. The van der Waals surface area contributed by atoms with Crippen LogP contribution < -0.4 is 0 Å². The van der Waals surface area contributed by atoms with E-state index in [1.165, 1.54) is 4.80 Å². The maximum atomic E-state index is 8.93. The van der Waals surface area contributed by atoms with Gasteiger partial charge >= 0.3 is 0 Å². The maximum absolute atomic E-state index is 8.93. The van der Waals surface area contributed by atoms with Crippen molar-refractivity contribution in [1.29, 1.82) is 0 Å². The highest BCUT2D eigenvalue weighted by Crippen LogP contribution is 2.20. The lowest BCUT2D eigenvalue weighted by Gasteiger charge is -1.94. The Labute approximate surface area is 85.0 Å². The first-order valence-electron chi connectivity index (χ1n) is 4.58. The van der Waals surface area contributed by atoms with Crippen molar-refractivity contribution in [3.8, 4) is 0 Å². The molecule has 0 bridgehead atoms. The van der Waals surface area contributed by atoms with Gasteiger partial charge in [-0.3, -0.25) is 4.98 Å². The molecule has 0 aliphatic carbocycles. The number of hydrogen-bond acceptors (Lipinski definition) is 4. The molecular formula is C10H8N4O. The van der Waals surface area contributed by atoms with E-state index < -0.39 is 0 Å². The number of rotatable bonds is 1. The van der Waals surface area contributed by atoms with Gasteiger partial charge in [0.15, 0.2) is 6.73 Å². The third-order valence-electron chi connectivity index (χ3n) is 2.30. The Balaban J connectivity index is 2.47. The Morgan fingerprint density at radius 1 is 1.13 bits per heavy atom. The van der Waals surface area contributed by atoms with E-state index >= 15 is 0 Å². The van der Waals surface area contributed by atoms with Gasteiger partial charge in [0, 0.05) is 11.6 Å². The molecule has 0 saturated carbocycles. The van der Waals surface area contributed by atoms with Crippen LogP contribution in [0, 0.1) is 0 Å². The van der Waals surface area contributed by atoms with Gasteiger partial charge in [-0.2, -0.15) is 15.0 Å². The van der Waals surface area contributed by atoms with E-state index in [0.29, 0.717) is 0 Å². The molecule has 0 saturated heterocycles. The Bertz CT molecular complexity index is 631. The Hall–Kier alpha value is -2.01. The number of aliphatic hydroxyl groups excluding tert-OH is 1. The SMILES string of the molecule is OCn1nc2ccc3ncccc3c2n1. The van der Waals surface area contributed by atoms with Crippen LogP contribution in [0.3, 0.4) is 0 Å². The fourth-order valence-corrected chi connectivity index (χ4v) is 1.64. The van der Waals surface area contributed by atoms with Crippen LogP contribution in [0.5, 0.6) is 0 Å². The van der Waals surface area contributed by atoms with E-state index in [2.05, 4.69) is 15.2 Å². The zero-order valence-corrected chi connectivity index (χ0v) is 7.83. The van der Waals surface area contributed by atoms with Gasteiger partial charge in [-0.05, 0) is 24.3 Å². The molecule has 74 valence electrons. The molecule has 0 unspecified atom stereocenters. The third-order valence-corrected chi connectivity index (χ3v) is 2.30. The second-order valence-electron chi connectivity index (χ2n) is 3.22. The summed E-state index contributed by atoms with van der Waals surface area (Å²) < 4.78 is 0. The standard InChI is InChI=1S/C10H8N4O/c15-6-14-12-9-4-3-8-7(10(9)13-14)2-1-5-11-8/h1-5,15H,6H2. The zero-order valence-electron chi connectivity index (χ0n) is 7.83. The highest BCUT2D eigenvalue weighted by atomic mass is 16.3. The highest BCUT2D eigenvalue weighted by molar-refractivity contribution is 6.01. The van der Waals surface area contributed by atoms with E-state index in [1.807, 2.05) is 24.3 Å². The smallest absolute Gasteiger partial charge is 0.155 e. The molecule has 1 aromatic carbocycles. The average Bonchev–Trinajstić information content (AvgIpc) is 2.72. The van der Waals surface area contributed by atoms with Crippen LogP contribution in [-0.4, -0.2) is 25.1 Å². The zero-order chi connectivity index (χ0) is 10.3. The number of aliphatic hydroxyl groups is 1. The van der Waals surface area contributed by atoms with Gasteiger partial charge < -0.3 is 5.11 Å². The van der Waals surface area contributed by atoms with Crippen molar-refractivity contribution < 1.29 is 5.11 Å². The van der Waals surface area contributed by atoms with Crippen molar-refractivity contribution in [2.45, 2.75) is 6.73 Å². The van der Waals surface area contributed by atoms with Crippen molar-refractivity contribution in [2.24, 2.45) is 0 Å². The van der Waals surface area contributed by atoms with Crippen molar-refractivity contribution in [3.05, 3.63) is 30.5 Å². The summed E-state index contributed by atoms with van der Waals surface area (Å²) in [4.78, 5) is 5.49. The fraction of sp³-hybridized carbons (Fsp3) is 0.100. The lowest BCUT2D eigenvalue weighted by Crippen LogP contribution is -1.99. The second kappa shape index (κ2) is 2.99. The van der Waals surface area contributed by atoms with Gasteiger partial charge in [-0.15, -0.1) is 0 Å². The number of fused-ring (bicyclic) bond motifs is 3. The summed E-state index contributed by atoms with van der Waals surface area (Å²) in [5, 5.41) is 18.2. The van der Waals surface area contributed by atoms with E-state index in [-0.39, 0.29) is 6.73 Å². The van der Waals surface area contributed by atoms with Gasteiger partial charge in [-0.25, -0.2) is 0 Å². The summed E-state index contributed by atoms with van der Waals surface area (Å²) >= 11 is 0. The first-order chi connectivity index (χ1) is 7.38. The molecule has 0 spiro atoms. The summed E-state index contributed by atoms with van der Waals surface area (Å²) in [6.45, 7) is -0.212. The van der Waals surface area contributed by atoms with Crippen LogP contribution in [0.4, 0.5) is 0 Å². The van der Waals surface area contributed by atoms with Crippen LogP contribution >= 0.6 is 0 Å². The molecule has 5 nitrogen and oxygen atoms in total. The maximum Gasteiger partial charge on any atom is 0.155 e. The lowest BCUT2D eigenvalue weighted by atomic mass is 10.2. The van der Waals surface area contributed by atoms with E-state index in [4.69, 9.17) is 5.11 Å². The average molecular weight is 200 g/mol. The molecule has 15 heavy (non-hydrogen) atoms. The minimum Gasteiger partial charge on any atom is -0.373 e. The van der Waals surface area contributed by atoms with E-state index in [9.17, 15) is 0 Å². The van der Waals surface area contributed by atoms with Crippen LogP contribution in [0.1, 0.15) is 0 Å². The van der Waals surface area contributed by atoms with Crippen molar-refractivity contribution in [2.75, 3.05) is 0 Å². The molecule has 5 heteroatoms. The number of benzene rings is 1. The molecule has 1 N–H and O–H groups in total. The summed E-state index contributed by atoms with van der Waals surface area (Å²) in [5.74, 6) is 0. The summed E-state index contributed by atoms with van der Waals surface area (Å²) in [6, 6.07) is 7.55. The van der Waals surface area contributed by atoms with E-state index in [1.54, 1.807) is 6.20 Å². The molecule has 2 aromatic heterocycles. The molecule has 0 amide bonds. The summed E-state index contributed by atoms with van der Waals surface area (Å²) in [5.41, 5.74) is 2.43. The van der Waals surface area contributed by atoms with Gasteiger partial charge in [0.2, 0.25) is 0 Å². The molecule has 2 heterocycles. The van der Waals surface area contributed by atoms with Gasteiger partial charge in [0.1, 0.15) is 11.0 Å². The topological polar surface area (TPSA) is 63.8 Å². The minimum atomic E-state index is -0.212. The monoisotopic (exact) mass is 200 g/mol. The first kappa shape index (κ1) is 8.31. The Kier molecular flexibility index (Phi) is 1.66. The summed E-state index contributed by atoms with van der Waals surface area (Å²) in [6.07, 6.45) is 1.74. The molecule has 0 radical (unpaired) electrons. The minimum absolute atomic E-state index is 0.212. The van der Waals surface area contributed by atoms with Crippen LogP contribution in [0.15, 0.2) is 30.5 Å². The Morgan fingerprint density at radius 2 is 2.00 bits per heavy atom. The predicted octanol–water partition coefficient (Wildman–Crippen LogP) is 0.929. The van der Waals surface area contributed by atoms with Crippen molar-refractivity contribution in [1.82, 2.24) is 20.0 Å². The van der Waals surface area contributed by atoms with Gasteiger partial charge in [-0.1, -0.05) is 0 Å². The Morgan fingerprint density at radius 3 is 2.87 bits per heavy atom. The lowest BCUT2D eigenvalue weighted by molar-refractivity contribution is 0.179. The first-order valence-corrected chi connectivity index (χ1v) is 4.58.